The van der Waals surface area contributed by atoms with E-state index < -0.39 is 11.7 Å². The predicted octanol–water partition coefficient (Wildman–Crippen LogP) is 2.75. The van der Waals surface area contributed by atoms with Gasteiger partial charge < -0.3 is 5.32 Å². The highest BCUT2D eigenvalue weighted by Gasteiger charge is 2.33. The molecule has 0 aliphatic heterocycles. The largest absolute Gasteiger partial charge is 0.416 e. The van der Waals surface area contributed by atoms with Crippen molar-refractivity contribution < 1.29 is 13.2 Å². The van der Waals surface area contributed by atoms with E-state index in [1.807, 2.05) is 18.9 Å². The molecular formula is C13H19F3N2. The topological polar surface area (TPSA) is 15.3 Å². The molecule has 0 spiro atoms. The van der Waals surface area contributed by atoms with E-state index in [1.54, 1.807) is 12.1 Å². The van der Waals surface area contributed by atoms with Crippen LogP contribution < -0.4 is 5.32 Å². The number of likely N-dealkylation sites (N-methyl/N-ethyl adjacent to an activating group) is 2. The molecule has 0 aliphatic carbocycles. The number of halogens is 3. The standard InChI is InChI=1S/C13H19F3N2/c1-3-18(9-8-17-2)10-11-6-4-5-7-12(11)13(14,15)16/h4-7,17H,3,8-10H2,1-2H3. The molecule has 0 radical (unpaired) electrons. The molecule has 2 nitrogen and oxygen atoms in total. The molecule has 0 unspecified atom stereocenters. The summed E-state index contributed by atoms with van der Waals surface area (Å²) in [5.41, 5.74) is -0.198. The van der Waals surface area contributed by atoms with Gasteiger partial charge in [-0.25, -0.2) is 0 Å². The average molecular weight is 260 g/mol. The van der Waals surface area contributed by atoms with Crippen molar-refractivity contribution in [2.24, 2.45) is 0 Å². The van der Waals surface area contributed by atoms with Crippen molar-refractivity contribution in [3.05, 3.63) is 35.4 Å². The SMILES string of the molecule is CCN(CCNC)Cc1ccccc1C(F)(F)F. The van der Waals surface area contributed by atoms with Crippen molar-refractivity contribution in [1.82, 2.24) is 10.2 Å². The Morgan fingerprint density at radius 3 is 2.44 bits per heavy atom. The summed E-state index contributed by atoms with van der Waals surface area (Å²) in [6.07, 6.45) is -4.28. The second-order valence-electron chi connectivity index (χ2n) is 4.13. The zero-order valence-electron chi connectivity index (χ0n) is 10.7. The summed E-state index contributed by atoms with van der Waals surface area (Å²) in [4.78, 5) is 1.99. The molecule has 18 heavy (non-hydrogen) atoms. The summed E-state index contributed by atoms with van der Waals surface area (Å²) in [5.74, 6) is 0. The summed E-state index contributed by atoms with van der Waals surface area (Å²) in [7, 11) is 1.83. The van der Waals surface area contributed by atoms with Crippen LogP contribution in [-0.4, -0.2) is 31.6 Å². The fraction of sp³-hybridized carbons (Fsp3) is 0.538. The molecular weight excluding hydrogens is 241 g/mol. The molecule has 1 N–H and O–H groups in total. The molecule has 0 saturated heterocycles. The van der Waals surface area contributed by atoms with Gasteiger partial charge in [0.2, 0.25) is 0 Å². The summed E-state index contributed by atoms with van der Waals surface area (Å²) >= 11 is 0. The first-order valence-electron chi connectivity index (χ1n) is 6.01. The van der Waals surface area contributed by atoms with Crippen LogP contribution in [0.2, 0.25) is 0 Å². The quantitative estimate of drug-likeness (QED) is 0.846. The van der Waals surface area contributed by atoms with Crippen molar-refractivity contribution >= 4 is 0 Å². The van der Waals surface area contributed by atoms with Crippen molar-refractivity contribution in [3.63, 3.8) is 0 Å². The van der Waals surface area contributed by atoms with Crippen LogP contribution in [0.1, 0.15) is 18.1 Å². The summed E-state index contributed by atoms with van der Waals surface area (Å²) in [6, 6.07) is 5.76. The Morgan fingerprint density at radius 1 is 1.22 bits per heavy atom. The lowest BCUT2D eigenvalue weighted by atomic mass is 10.1. The number of hydrogen-bond donors (Lipinski definition) is 1. The van der Waals surface area contributed by atoms with Crippen LogP contribution in [0.15, 0.2) is 24.3 Å². The fourth-order valence-electron chi connectivity index (χ4n) is 1.79. The third-order valence-electron chi connectivity index (χ3n) is 2.84. The van der Waals surface area contributed by atoms with Gasteiger partial charge in [0.15, 0.2) is 0 Å². The first kappa shape index (κ1) is 15.0. The predicted molar refractivity (Wildman–Crippen MR) is 66.3 cm³/mol. The molecule has 0 bridgehead atoms. The van der Waals surface area contributed by atoms with Gasteiger partial charge >= 0.3 is 6.18 Å². The number of nitrogens with zero attached hydrogens (tertiary/aromatic N) is 1. The Hall–Kier alpha value is -1.07. The number of alkyl halides is 3. The Morgan fingerprint density at radius 2 is 1.89 bits per heavy atom. The number of nitrogens with one attached hydrogen (secondary N) is 1. The molecule has 0 aliphatic rings. The third kappa shape index (κ3) is 4.31. The van der Waals surface area contributed by atoms with Crippen LogP contribution in [0.4, 0.5) is 13.2 Å². The van der Waals surface area contributed by atoms with E-state index in [4.69, 9.17) is 0 Å². The van der Waals surface area contributed by atoms with Crippen LogP contribution in [0.5, 0.6) is 0 Å². The minimum absolute atomic E-state index is 0.327. The normalized spacial score (nSPS) is 12.1. The molecule has 0 heterocycles. The van der Waals surface area contributed by atoms with Gasteiger partial charge in [-0.05, 0) is 25.2 Å². The van der Waals surface area contributed by atoms with E-state index >= 15 is 0 Å². The molecule has 102 valence electrons. The van der Waals surface area contributed by atoms with Crippen LogP contribution in [0, 0.1) is 0 Å². The Labute approximate surface area is 106 Å². The molecule has 0 amide bonds. The number of hydrogen-bond acceptors (Lipinski definition) is 2. The molecule has 1 aromatic rings. The third-order valence-corrected chi connectivity index (χ3v) is 2.84. The summed E-state index contributed by atoms with van der Waals surface area (Å²) < 4.78 is 38.5. The molecule has 1 aromatic carbocycles. The van der Waals surface area contributed by atoms with Gasteiger partial charge in [-0.3, -0.25) is 4.90 Å². The van der Waals surface area contributed by atoms with Gasteiger partial charge in [-0.15, -0.1) is 0 Å². The van der Waals surface area contributed by atoms with E-state index in [9.17, 15) is 13.2 Å². The van der Waals surface area contributed by atoms with Crippen LogP contribution in [-0.2, 0) is 12.7 Å². The monoisotopic (exact) mass is 260 g/mol. The van der Waals surface area contributed by atoms with Crippen LogP contribution in [0.3, 0.4) is 0 Å². The highest BCUT2D eigenvalue weighted by atomic mass is 19.4. The van der Waals surface area contributed by atoms with Crippen molar-refractivity contribution in [2.75, 3.05) is 26.7 Å². The van der Waals surface area contributed by atoms with Gasteiger partial charge in [-0.1, -0.05) is 25.1 Å². The van der Waals surface area contributed by atoms with E-state index in [0.29, 0.717) is 12.1 Å². The van der Waals surface area contributed by atoms with Gasteiger partial charge in [-0.2, -0.15) is 13.2 Å². The lowest BCUT2D eigenvalue weighted by Crippen LogP contribution is -2.31. The van der Waals surface area contributed by atoms with E-state index in [1.165, 1.54) is 6.07 Å². The summed E-state index contributed by atoms with van der Waals surface area (Å²) in [5, 5.41) is 3.00. The Balaban J connectivity index is 2.82. The van der Waals surface area contributed by atoms with Crippen molar-refractivity contribution in [1.29, 1.82) is 0 Å². The zero-order chi connectivity index (χ0) is 13.6. The molecule has 1 rings (SSSR count). The Bertz CT molecular complexity index is 363. The lowest BCUT2D eigenvalue weighted by Gasteiger charge is -2.22. The van der Waals surface area contributed by atoms with Crippen molar-refractivity contribution in [2.45, 2.75) is 19.6 Å². The molecule has 0 aromatic heterocycles. The second-order valence-corrected chi connectivity index (χ2v) is 4.13. The second kappa shape index (κ2) is 6.75. The first-order valence-corrected chi connectivity index (χ1v) is 6.01. The molecule has 0 saturated carbocycles. The van der Waals surface area contributed by atoms with Crippen molar-refractivity contribution in [3.8, 4) is 0 Å². The van der Waals surface area contributed by atoms with E-state index in [2.05, 4.69) is 5.32 Å². The van der Waals surface area contributed by atoms with Gasteiger partial charge in [0.25, 0.3) is 0 Å². The van der Waals surface area contributed by atoms with Gasteiger partial charge in [0.1, 0.15) is 0 Å². The van der Waals surface area contributed by atoms with Gasteiger partial charge in [0.05, 0.1) is 5.56 Å². The van der Waals surface area contributed by atoms with Crippen LogP contribution in [0.25, 0.3) is 0 Å². The first-order chi connectivity index (χ1) is 8.49. The smallest absolute Gasteiger partial charge is 0.318 e. The Kier molecular flexibility index (Phi) is 5.62. The fourth-order valence-corrected chi connectivity index (χ4v) is 1.79. The number of benzene rings is 1. The highest BCUT2D eigenvalue weighted by molar-refractivity contribution is 5.29. The molecule has 0 fully saturated rings. The minimum atomic E-state index is -4.28. The van der Waals surface area contributed by atoms with Gasteiger partial charge in [0, 0.05) is 19.6 Å². The molecule has 5 heteroatoms. The van der Waals surface area contributed by atoms with Crippen LogP contribution >= 0.6 is 0 Å². The zero-order valence-corrected chi connectivity index (χ0v) is 10.7. The summed E-state index contributed by atoms with van der Waals surface area (Å²) in [6.45, 7) is 4.51. The number of rotatable bonds is 6. The molecule has 0 atom stereocenters. The maximum Gasteiger partial charge on any atom is 0.416 e. The van der Waals surface area contributed by atoms with E-state index in [-0.39, 0.29) is 0 Å². The minimum Gasteiger partial charge on any atom is -0.318 e. The highest BCUT2D eigenvalue weighted by Crippen LogP contribution is 2.32. The van der Waals surface area contributed by atoms with E-state index in [0.717, 1.165) is 25.7 Å². The maximum atomic E-state index is 12.8. The lowest BCUT2D eigenvalue weighted by molar-refractivity contribution is -0.138. The maximum absolute atomic E-state index is 12.8. The average Bonchev–Trinajstić information content (AvgIpc) is 2.33.